The summed E-state index contributed by atoms with van der Waals surface area (Å²) in [7, 11) is 0. The Bertz CT molecular complexity index is 855. The molecule has 7 nitrogen and oxygen atoms in total. The molecule has 24 heavy (non-hydrogen) atoms. The first-order valence-corrected chi connectivity index (χ1v) is 8.61. The molecule has 3 rings (SSSR count). The van der Waals surface area contributed by atoms with Crippen molar-refractivity contribution in [2.24, 2.45) is 5.10 Å². The van der Waals surface area contributed by atoms with Gasteiger partial charge in [-0.25, -0.2) is 4.98 Å². The molecular weight excluding hydrogens is 328 g/mol. The first-order valence-electron chi connectivity index (χ1n) is 7.38. The van der Waals surface area contributed by atoms with Gasteiger partial charge in [0.25, 0.3) is 0 Å². The molecule has 0 fully saturated rings. The van der Waals surface area contributed by atoms with E-state index in [1.165, 1.54) is 11.8 Å². The van der Waals surface area contributed by atoms with Gasteiger partial charge in [-0.15, -0.1) is 9.89 Å². The van der Waals surface area contributed by atoms with Gasteiger partial charge >= 0.3 is 5.56 Å². The first kappa shape index (κ1) is 16.5. The van der Waals surface area contributed by atoms with Crippen molar-refractivity contribution < 1.29 is 9.47 Å². The summed E-state index contributed by atoms with van der Waals surface area (Å²) in [4.78, 5) is 18.0. The maximum Gasteiger partial charge on any atom is 0.310 e. The highest BCUT2D eigenvalue weighted by atomic mass is 32.2. The number of benzene rings is 1. The summed E-state index contributed by atoms with van der Waals surface area (Å²) in [5.74, 6) is 1.36. The van der Waals surface area contributed by atoms with Crippen LogP contribution in [-0.4, -0.2) is 34.1 Å². The minimum atomic E-state index is -0.388. The molecule has 0 bridgehead atoms. The average Bonchev–Trinajstić information content (AvgIpc) is 3.00. The summed E-state index contributed by atoms with van der Waals surface area (Å²) < 4.78 is 10.6. The van der Waals surface area contributed by atoms with Crippen molar-refractivity contribution >= 4 is 18.0 Å². The second-order valence-electron chi connectivity index (χ2n) is 6.25. The highest BCUT2D eigenvalue weighted by Crippen LogP contribution is 2.32. The van der Waals surface area contributed by atoms with Crippen LogP contribution in [0.15, 0.2) is 33.3 Å². The van der Waals surface area contributed by atoms with Gasteiger partial charge < -0.3 is 9.47 Å². The summed E-state index contributed by atoms with van der Waals surface area (Å²) in [6.07, 6.45) is 3.42. The van der Waals surface area contributed by atoms with E-state index in [4.69, 9.17) is 9.47 Å². The Hall–Kier alpha value is -2.35. The van der Waals surface area contributed by atoms with E-state index in [1.807, 2.05) is 33.1 Å². The highest BCUT2D eigenvalue weighted by molar-refractivity contribution is 7.98. The molecule has 1 aliphatic rings. The Kier molecular flexibility index (Phi) is 4.31. The fourth-order valence-electron chi connectivity index (χ4n) is 2.16. The van der Waals surface area contributed by atoms with Crippen LogP contribution in [0.1, 0.15) is 32.0 Å². The molecule has 2 heterocycles. The molecule has 2 aromatic rings. The van der Waals surface area contributed by atoms with Crippen molar-refractivity contribution in [1.29, 1.82) is 0 Å². The Morgan fingerprint density at radius 2 is 2.04 bits per heavy atom. The second kappa shape index (κ2) is 6.27. The van der Waals surface area contributed by atoms with Gasteiger partial charge in [-0.2, -0.15) is 5.10 Å². The fraction of sp³-hybridized carbons (Fsp3) is 0.375. The number of thioether (sulfide) groups is 1. The molecule has 0 saturated heterocycles. The lowest BCUT2D eigenvalue weighted by Gasteiger charge is -2.17. The first-order chi connectivity index (χ1) is 11.4. The lowest BCUT2D eigenvalue weighted by atomic mass is 9.93. The Morgan fingerprint density at radius 1 is 1.29 bits per heavy atom. The molecule has 1 aromatic carbocycles. The zero-order chi connectivity index (χ0) is 17.3. The molecule has 0 spiro atoms. The third-order valence-electron chi connectivity index (χ3n) is 3.38. The van der Waals surface area contributed by atoms with E-state index in [1.54, 1.807) is 18.3 Å². The monoisotopic (exact) mass is 346 g/mol. The van der Waals surface area contributed by atoms with Crippen molar-refractivity contribution in [1.82, 2.24) is 14.9 Å². The fourth-order valence-corrected chi connectivity index (χ4v) is 2.50. The topological polar surface area (TPSA) is 78.6 Å². The third-order valence-corrected chi connectivity index (χ3v) is 3.92. The van der Waals surface area contributed by atoms with E-state index in [0.717, 1.165) is 10.4 Å². The Balaban J connectivity index is 1.99. The van der Waals surface area contributed by atoms with E-state index in [0.29, 0.717) is 22.3 Å². The van der Waals surface area contributed by atoms with E-state index in [2.05, 4.69) is 15.2 Å². The number of rotatable bonds is 3. The SMILES string of the molecule is CSc1nc(C(C)(C)C)c(=O)n(/N=C/c2ccc3c(c2)OCO3)n1. The molecule has 8 heteroatoms. The minimum absolute atomic E-state index is 0.216. The Labute approximate surface area is 143 Å². The van der Waals surface area contributed by atoms with Crippen LogP contribution >= 0.6 is 11.8 Å². The van der Waals surface area contributed by atoms with E-state index >= 15 is 0 Å². The van der Waals surface area contributed by atoms with Crippen LogP contribution < -0.4 is 15.0 Å². The zero-order valence-corrected chi connectivity index (χ0v) is 14.8. The smallest absolute Gasteiger partial charge is 0.310 e. The van der Waals surface area contributed by atoms with Crippen LogP contribution in [0.4, 0.5) is 0 Å². The van der Waals surface area contributed by atoms with Crippen LogP contribution in [0.5, 0.6) is 11.5 Å². The molecule has 0 N–H and O–H groups in total. The molecule has 1 aliphatic heterocycles. The van der Waals surface area contributed by atoms with Crippen molar-refractivity contribution in [3.8, 4) is 11.5 Å². The van der Waals surface area contributed by atoms with Gasteiger partial charge in [0.1, 0.15) is 5.69 Å². The number of ether oxygens (including phenoxy) is 2. The predicted molar refractivity (Wildman–Crippen MR) is 92.3 cm³/mol. The normalized spacial score (nSPS) is 13.7. The molecule has 0 amide bonds. The third kappa shape index (κ3) is 3.28. The highest BCUT2D eigenvalue weighted by Gasteiger charge is 2.22. The average molecular weight is 346 g/mol. The summed E-state index contributed by atoms with van der Waals surface area (Å²) in [6.45, 7) is 6.03. The maximum absolute atomic E-state index is 12.6. The molecule has 0 aliphatic carbocycles. The van der Waals surface area contributed by atoms with Crippen LogP contribution in [0, 0.1) is 0 Å². The van der Waals surface area contributed by atoms with Crippen LogP contribution in [0.2, 0.25) is 0 Å². The molecule has 0 atom stereocenters. The molecular formula is C16H18N4O3S. The summed E-state index contributed by atoms with van der Waals surface area (Å²) >= 11 is 1.37. The number of hydrogen-bond acceptors (Lipinski definition) is 7. The minimum Gasteiger partial charge on any atom is -0.454 e. The Morgan fingerprint density at radius 3 is 2.75 bits per heavy atom. The molecule has 0 saturated carbocycles. The zero-order valence-electron chi connectivity index (χ0n) is 13.9. The maximum atomic E-state index is 12.6. The molecule has 0 radical (unpaired) electrons. The number of fused-ring (bicyclic) bond motifs is 1. The molecule has 0 unspecified atom stereocenters. The summed E-state index contributed by atoms with van der Waals surface area (Å²) in [6, 6.07) is 5.45. The summed E-state index contributed by atoms with van der Waals surface area (Å²) in [5, 5.41) is 8.86. The van der Waals surface area contributed by atoms with Crippen molar-refractivity contribution in [3.63, 3.8) is 0 Å². The van der Waals surface area contributed by atoms with Crippen molar-refractivity contribution in [3.05, 3.63) is 39.8 Å². The predicted octanol–water partition coefficient (Wildman–Crippen LogP) is 2.27. The van der Waals surface area contributed by atoms with E-state index in [9.17, 15) is 4.79 Å². The van der Waals surface area contributed by atoms with Crippen LogP contribution in [0.25, 0.3) is 0 Å². The van der Waals surface area contributed by atoms with Gasteiger partial charge in [0.2, 0.25) is 11.9 Å². The van der Waals surface area contributed by atoms with Gasteiger partial charge in [-0.1, -0.05) is 32.5 Å². The number of aromatic nitrogens is 3. The van der Waals surface area contributed by atoms with Gasteiger partial charge in [0.05, 0.1) is 6.21 Å². The van der Waals surface area contributed by atoms with Crippen molar-refractivity contribution in [2.75, 3.05) is 13.0 Å². The van der Waals surface area contributed by atoms with Crippen molar-refractivity contribution in [2.45, 2.75) is 31.3 Å². The van der Waals surface area contributed by atoms with Crippen LogP contribution in [-0.2, 0) is 5.41 Å². The van der Waals surface area contributed by atoms with Gasteiger partial charge in [-0.3, -0.25) is 4.79 Å². The quantitative estimate of drug-likeness (QED) is 0.627. The largest absolute Gasteiger partial charge is 0.454 e. The second-order valence-corrected chi connectivity index (χ2v) is 7.02. The van der Waals surface area contributed by atoms with Gasteiger partial charge in [0.15, 0.2) is 11.5 Å². The van der Waals surface area contributed by atoms with Crippen LogP contribution in [0.3, 0.4) is 0 Å². The molecule has 1 aromatic heterocycles. The number of nitrogens with zero attached hydrogens (tertiary/aromatic N) is 4. The van der Waals surface area contributed by atoms with E-state index in [-0.39, 0.29) is 17.8 Å². The summed E-state index contributed by atoms with van der Waals surface area (Å²) in [5.41, 5.74) is 0.510. The standard InChI is InChI=1S/C16H18N4O3S/c1-16(2,3)13-14(21)20(19-15(18-13)24-4)17-8-10-5-6-11-12(7-10)23-9-22-11/h5-8H,9H2,1-4H3/b17-8+. The van der Waals surface area contributed by atoms with Gasteiger partial charge in [-0.05, 0) is 30.0 Å². The lowest BCUT2D eigenvalue weighted by molar-refractivity contribution is 0.174. The number of hydrogen-bond donors (Lipinski definition) is 0. The molecule has 126 valence electrons. The van der Waals surface area contributed by atoms with E-state index < -0.39 is 0 Å². The lowest BCUT2D eigenvalue weighted by Crippen LogP contribution is -2.32. The van der Waals surface area contributed by atoms with Gasteiger partial charge in [0, 0.05) is 5.41 Å².